The molecule has 0 aliphatic heterocycles. The van der Waals surface area contributed by atoms with Gasteiger partial charge in [0.25, 0.3) is 5.91 Å². The molecule has 0 aliphatic rings. The van der Waals surface area contributed by atoms with Crippen molar-refractivity contribution in [3.05, 3.63) is 59.8 Å². The van der Waals surface area contributed by atoms with Crippen LogP contribution < -0.4 is 10.1 Å². The maximum Gasteiger partial charge on any atom is 0.416 e. The third-order valence-electron chi connectivity index (χ3n) is 4.54. The van der Waals surface area contributed by atoms with Crippen LogP contribution in [0.25, 0.3) is 10.9 Å². The van der Waals surface area contributed by atoms with Crippen LogP contribution in [0.3, 0.4) is 0 Å². The van der Waals surface area contributed by atoms with E-state index in [1.165, 1.54) is 12.1 Å². The number of hydrogen-bond acceptors (Lipinski definition) is 3. The van der Waals surface area contributed by atoms with Crippen molar-refractivity contribution in [1.82, 2.24) is 4.98 Å². The summed E-state index contributed by atoms with van der Waals surface area (Å²) in [5.41, 5.74) is 1.39. The summed E-state index contributed by atoms with van der Waals surface area (Å²) in [6, 6.07) is 10.3. The Morgan fingerprint density at radius 2 is 1.93 bits per heavy atom. The number of aliphatic hydroxyl groups is 1. The number of benzene rings is 2. The zero-order valence-electron chi connectivity index (χ0n) is 15.7. The summed E-state index contributed by atoms with van der Waals surface area (Å²) in [5, 5.41) is 13.0. The van der Waals surface area contributed by atoms with Gasteiger partial charge in [-0.15, -0.1) is 0 Å². The lowest BCUT2D eigenvalue weighted by Crippen LogP contribution is -2.26. The van der Waals surface area contributed by atoms with Crippen molar-refractivity contribution < 1.29 is 27.8 Å². The normalized spacial score (nSPS) is 12.7. The number of nitrogens with one attached hydrogen (secondary N) is 2. The van der Waals surface area contributed by atoms with Gasteiger partial charge in [0.1, 0.15) is 11.9 Å². The van der Waals surface area contributed by atoms with E-state index >= 15 is 0 Å². The minimum atomic E-state index is -4.35. The molecule has 0 bridgehead atoms. The van der Waals surface area contributed by atoms with Gasteiger partial charge >= 0.3 is 6.18 Å². The molecule has 0 saturated heterocycles. The fraction of sp³-hybridized carbons (Fsp3) is 0.286. The van der Waals surface area contributed by atoms with E-state index in [0.29, 0.717) is 24.3 Å². The molecule has 0 unspecified atom stereocenters. The molecule has 0 radical (unpaired) electrons. The Labute approximate surface area is 165 Å². The predicted octanol–water partition coefficient (Wildman–Crippen LogP) is 4.52. The minimum Gasteiger partial charge on any atom is -0.493 e. The van der Waals surface area contributed by atoms with Crippen LogP contribution in [0.5, 0.6) is 5.75 Å². The molecule has 0 fully saturated rings. The lowest BCUT2D eigenvalue weighted by Gasteiger charge is -2.10. The average molecular weight is 406 g/mol. The van der Waals surface area contributed by atoms with Gasteiger partial charge in [-0.1, -0.05) is 19.1 Å². The van der Waals surface area contributed by atoms with Crippen LogP contribution >= 0.6 is 0 Å². The second-order valence-electron chi connectivity index (χ2n) is 6.62. The summed E-state index contributed by atoms with van der Waals surface area (Å²) in [5.74, 6) is 0.0811. The highest BCUT2D eigenvalue weighted by Crippen LogP contribution is 2.30. The van der Waals surface area contributed by atoms with Gasteiger partial charge in [0.2, 0.25) is 0 Å². The number of anilines is 1. The molecule has 154 valence electrons. The van der Waals surface area contributed by atoms with Crippen LogP contribution in [-0.2, 0) is 17.4 Å². The first kappa shape index (κ1) is 20.7. The molecule has 5 nitrogen and oxygen atoms in total. The number of fused-ring (bicyclic) bond motifs is 1. The molecular formula is C21H21F3N2O3. The van der Waals surface area contributed by atoms with E-state index in [0.717, 1.165) is 28.6 Å². The summed E-state index contributed by atoms with van der Waals surface area (Å²) in [4.78, 5) is 14.9. The second-order valence-corrected chi connectivity index (χ2v) is 6.62. The first-order chi connectivity index (χ1) is 13.8. The highest BCUT2D eigenvalue weighted by atomic mass is 19.4. The van der Waals surface area contributed by atoms with Gasteiger partial charge in [-0.05, 0) is 42.3 Å². The van der Waals surface area contributed by atoms with Gasteiger partial charge < -0.3 is 20.1 Å². The van der Waals surface area contributed by atoms with Crippen molar-refractivity contribution in [3.63, 3.8) is 0 Å². The Morgan fingerprint density at radius 3 is 2.59 bits per heavy atom. The molecular weight excluding hydrogens is 385 g/mol. The molecule has 3 N–H and O–H groups in total. The maximum absolute atomic E-state index is 12.6. The molecule has 8 heteroatoms. The first-order valence-corrected chi connectivity index (χ1v) is 9.17. The highest BCUT2D eigenvalue weighted by Gasteiger charge is 2.29. The molecule has 0 spiro atoms. The monoisotopic (exact) mass is 406 g/mol. The lowest BCUT2D eigenvalue weighted by atomic mass is 10.1. The minimum absolute atomic E-state index is 0.289. The number of alkyl halides is 3. The van der Waals surface area contributed by atoms with Crippen LogP contribution in [0.1, 0.15) is 24.5 Å². The van der Waals surface area contributed by atoms with Gasteiger partial charge in [-0.25, -0.2) is 0 Å². The van der Waals surface area contributed by atoms with Crippen LogP contribution in [0.2, 0.25) is 0 Å². The summed E-state index contributed by atoms with van der Waals surface area (Å²) in [6.45, 7) is 2.00. The van der Waals surface area contributed by atoms with Gasteiger partial charge in [0.15, 0.2) is 0 Å². The van der Waals surface area contributed by atoms with E-state index in [4.69, 9.17) is 4.74 Å². The fourth-order valence-electron chi connectivity index (χ4n) is 2.84. The SMILES string of the molecule is CC[C@H](O)C(=O)Nc1c[nH]c2ccc(OCCc3ccc(C(F)(F)F)cc3)cc12. The fourth-order valence-corrected chi connectivity index (χ4v) is 2.84. The van der Waals surface area contributed by atoms with Crippen molar-refractivity contribution >= 4 is 22.5 Å². The van der Waals surface area contributed by atoms with E-state index in [1.807, 2.05) is 0 Å². The molecule has 3 aromatic rings. The lowest BCUT2D eigenvalue weighted by molar-refractivity contribution is -0.137. The van der Waals surface area contributed by atoms with E-state index in [2.05, 4.69) is 10.3 Å². The number of carbonyl (C=O) groups is 1. The highest BCUT2D eigenvalue weighted by molar-refractivity contribution is 6.03. The van der Waals surface area contributed by atoms with E-state index < -0.39 is 23.8 Å². The Hall–Kier alpha value is -3.00. The van der Waals surface area contributed by atoms with Crippen LogP contribution in [0.15, 0.2) is 48.7 Å². The van der Waals surface area contributed by atoms with E-state index in [1.54, 1.807) is 31.3 Å². The topological polar surface area (TPSA) is 74.4 Å². The van der Waals surface area contributed by atoms with E-state index in [-0.39, 0.29) is 6.61 Å². The zero-order chi connectivity index (χ0) is 21.0. The third-order valence-corrected chi connectivity index (χ3v) is 4.54. The van der Waals surface area contributed by atoms with E-state index in [9.17, 15) is 23.1 Å². The maximum atomic E-state index is 12.6. The number of amides is 1. The molecule has 1 amide bonds. The molecule has 1 heterocycles. The van der Waals surface area contributed by atoms with Crippen molar-refractivity contribution in [2.45, 2.75) is 32.0 Å². The molecule has 3 rings (SSSR count). The van der Waals surface area contributed by atoms with Gasteiger partial charge in [-0.3, -0.25) is 4.79 Å². The van der Waals surface area contributed by atoms with Gasteiger partial charge in [0.05, 0.1) is 17.9 Å². The van der Waals surface area contributed by atoms with Crippen molar-refractivity contribution in [2.24, 2.45) is 0 Å². The summed E-state index contributed by atoms with van der Waals surface area (Å²) in [7, 11) is 0. The van der Waals surface area contributed by atoms with Crippen LogP contribution in [0.4, 0.5) is 18.9 Å². The average Bonchev–Trinajstić information content (AvgIpc) is 3.09. The van der Waals surface area contributed by atoms with Gasteiger partial charge in [0, 0.05) is 23.5 Å². The molecule has 1 aromatic heterocycles. The number of hydrogen-bond donors (Lipinski definition) is 3. The number of ether oxygens (including phenoxy) is 1. The predicted molar refractivity (Wildman–Crippen MR) is 104 cm³/mol. The zero-order valence-corrected chi connectivity index (χ0v) is 15.7. The van der Waals surface area contributed by atoms with Crippen molar-refractivity contribution in [3.8, 4) is 5.75 Å². The van der Waals surface area contributed by atoms with Gasteiger partial charge in [-0.2, -0.15) is 13.2 Å². The first-order valence-electron chi connectivity index (χ1n) is 9.17. The molecule has 0 aliphatic carbocycles. The molecule has 0 saturated carbocycles. The molecule has 2 aromatic carbocycles. The number of rotatable bonds is 7. The number of aromatic nitrogens is 1. The van der Waals surface area contributed by atoms with Crippen molar-refractivity contribution in [1.29, 1.82) is 0 Å². The summed E-state index contributed by atoms with van der Waals surface area (Å²) >= 11 is 0. The number of aliphatic hydroxyl groups excluding tert-OH is 1. The number of halogens is 3. The summed E-state index contributed by atoms with van der Waals surface area (Å²) in [6.07, 6.45) is -3.02. The Morgan fingerprint density at radius 1 is 1.21 bits per heavy atom. The Bertz CT molecular complexity index is 981. The second kappa shape index (κ2) is 8.57. The smallest absolute Gasteiger partial charge is 0.416 e. The standard InChI is InChI=1S/C21H21F3N2O3/c1-2-19(27)20(28)26-18-12-25-17-8-7-15(11-16(17)18)29-10-9-13-3-5-14(6-4-13)21(22,23)24/h3-8,11-12,19,25,27H,2,9-10H2,1H3,(H,26,28)/t19-/m0/s1. The van der Waals surface area contributed by atoms with Crippen LogP contribution in [-0.4, -0.2) is 28.7 Å². The number of carbonyl (C=O) groups excluding carboxylic acids is 1. The molecule has 29 heavy (non-hydrogen) atoms. The Kier molecular flexibility index (Phi) is 6.12. The molecule has 1 atom stereocenters. The third kappa shape index (κ3) is 5.08. The summed E-state index contributed by atoms with van der Waals surface area (Å²) < 4.78 is 43.5. The van der Waals surface area contributed by atoms with Crippen molar-refractivity contribution in [2.75, 3.05) is 11.9 Å². The number of H-pyrrole nitrogens is 1. The number of aromatic amines is 1. The quantitative estimate of drug-likeness (QED) is 0.540. The Balaban J connectivity index is 1.63. The van der Waals surface area contributed by atoms with Crippen LogP contribution in [0, 0.1) is 0 Å². The largest absolute Gasteiger partial charge is 0.493 e.